The van der Waals surface area contributed by atoms with Crippen molar-refractivity contribution in [1.29, 1.82) is 0 Å². The Morgan fingerprint density at radius 1 is 1.30 bits per heavy atom. The number of esters is 1. The van der Waals surface area contributed by atoms with Crippen molar-refractivity contribution in [2.75, 3.05) is 12.4 Å². The molecule has 1 aromatic carbocycles. The Morgan fingerprint density at radius 2 is 2.04 bits per heavy atom. The van der Waals surface area contributed by atoms with E-state index in [-0.39, 0.29) is 17.5 Å². The first-order valence-electron chi connectivity index (χ1n) is 8.77. The van der Waals surface area contributed by atoms with Gasteiger partial charge in [-0.15, -0.1) is 11.3 Å². The first-order chi connectivity index (χ1) is 13.0. The largest absolute Gasteiger partial charge is 0.464 e. The molecule has 1 aliphatic carbocycles. The Kier molecular flexibility index (Phi) is 6.73. The zero-order valence-electron chi connectivity index (χ0n) is 14.8. The van der Waals surface area contributed by atoms with E-state index >= 15 is 0 Å². The summed E-state index contributed by atoms with van der Waals surface area (Å²) in [4.78, 5) is 28.7. The molecule has 144 valence electrons. The van der Waals surface area contributed by atoms with Crippen molar-refractivity contribution in [2.24, 2.45) is 5.92 Å². The third kappa shape index (κ3) is 5.00. The van der Waals surface area contributed by atoms with Gasteiger partial charge in [0.25, 0.3) is 0 Å². The van der Waals surface area contributed by atoms with Crippen molar-refractivity contribution < 1.29 is 14.3 Å². The number of ether oxygens (including phenoxy) is 1. The van der Waals surface area contributed by atoms with Crippen LogP contribution in [-0.2, 0) is 9.53 Å². The van der Waals surface area contributed by atoms with Crippen LogP contribution >= 0.6 is 34.5 Å². The minimum absolute atomic E-state index is 0.161. The summed E-state index contributed by atoms with van der Waals surface area (Å²) in [5.41, 5.74) is 1.01. The van der Waals surface area contributed by atoms with E-state index < -0.39 is 5.97 Å². The highest BCUT2D eigenvalue weighted by molar-refractivity contribution is 7.14. The van der Waals surface area contributed by atoms with Crippen molar-refractivity contribution in [3.8, 4) is 0 Å². The van der Waals surface area contributed by atoms with Gasteiger partial charge in [-0.1, -0.05) is 55.0 Å². The summed E-state index contributed by atoms with van der Waals surface area (Å²) in [7, 11) is 1.29. The number of anilines is 1. The van der Waals surface area contributed by atoms with Crippen LogP contribution in [0.3, 0.4) is 0 Å². The van der Waals surface area contributed by atoms with Gasteiger partial charge in [0.2, 0.25) is 5.91 Å². The maximum atomic E-state index is 13.0. The summed E-state index contributed by atoms with van der Waals surface area (Å²) in [6.45, 7) is 0. The first-order valence-corrected chi connectivity index (χ1v) is 10.4. The molecule has 0 aliphatic heterocycles. The van der Waals surface area contributed by atoms with E-state index in [1.807, 2.05) is 6.07 Å². The van der Waals surface area contributed by atoms with Gasteiger partial charge in [-0.2, -0.15) is 0 Å². The molecule has 0 bridgehead atoms. The lowest BCUT2D eigenvalue weighted by atomic mass is 9.87. The van der Waals surface area contributed by atoms with Crippen LogP contribution in [0.2, 0.25) is 10.0 Å². The summed E-state index contributed by atoms with van der Waals surface area (Å²) in [6.07, 6.45) is 5.42. The predicted octanol–water partition coefficient (Wildman–Crippen LogP) is 5.54. The van der Waals surface area contributed by atoms with Gasteiger partial charge in [-0.05, 0) is 30.0 Å². The second-order valence-electron chi connectivity index (χ2n) is 6.63. The first kappa shape index (κ1) is 20.1. The molecule has 1 aromatic heterocycles. The molecule has 1 aliphatic rings. The van der Waals surface area contributed by atoms with Crippen LogP contribution in [-0.4, -0.2) is 24.0 Å². The van der Waals surface area contributed by atoms with E-state index in [0.717, 1.165) is 24.8 Å². The van der Waals surface area contributed by atoms with Gasteiger partial charge >= 0.3 is 5.97 Å². The average Bonchev–Trinajstić information content (AvgIpc) is 3.33. The molecule has 5 nitrogen and oxygen atoms in total. The van der Waals surface area contributed by atoms with Gasteiger partial charge < -0.3 is 10.1 Å². The number of methoxy groups -OCH3 is 1. The number of hydrogen-bond donors (Lipinski definition) is 1. The van der Waals surface area contributed by atoms with Crippen LogP contribution in [0.25, 0.3) is 0 Å². The maximum absolute atomic E-state index is 13.0. The molecule has 0 spiro atoms. The number of nitrogens with zero attached hydrogens (tertiary/aromatic N) is 1. The number of halogens is 2. The van der Waals surface area contributed by atoms with E-state index in [0.29, 0.717) is 21.1 Å². The maximum Gasteiger partial charge on any atom is 0.357 e. The van der Waals surface area contributed by atoms with E-state index in [1.165, 1.54) is 31.3 Å². The Hall–Kier alpha value is -1.63. The van der Waals surface area contributed by atoms with Crippen molar-refractivity contribution in [3.63, 3.8) is 0 Å². The quantitative estimate of drug-likeness (QED) is 0.615. The highest BCUT2D eigenvalue weighted by Crippen LogP contribution is 2.36. The lowest BCUT2D eigenvalue weighted by Gasteiger charge is -2.20. The lowest BCUT2D eigenvalue weighted by molar-refractivity contribution is -0.118. The molecular weight excluding hydrogens is 407 g/mol. The third-order valence-corrected chi connectivity index (χ3v) is 6.33. The molecule has 27 heavy (non-hydrogen) atoms. The van der Waals surface area contributed by atoms with Gasteiger partial charge in [-0.3, -0.25) is 4.79 Å². The van der Waals surface area contributed by atoms with Gasteiger partial charge in [-0.25, -0.2) is 9.78 Å². The van der Waals surface area contributed by atoms with E-state index in [4.69, 9.17) is 23.2 Å². The van der Waals surface area contributed by atoms with Crippen LogP contribution in [0, 0.1) is 5.92 Å². The summed E-state index contributed by atoms with van der Waals surface area (Å²) >= 11 is 13.4. The predicted molar refractivity (Wildman–Crippen MR) is 108 cm³/mol. The minimum Gasteiger partial charge on any atom is -0.464 e. The third-order valence-electron chi connectivity index (χ3n) is 4.84. The summed E-state index contributed by atoms with van der Waals surface area (Å²) < 4.78 is 4.65. The normalized spacial score (nSPS) is 15.5. The molecule has 0 unspecified atom stereocenters. The van der Waals surface area contributed by atoms with Crippen LogP contribution in [0.4, 0.5) is 5.13 Å². The van der Waals surface area contributed by atoms with Crippen molar-refractivity contribution >= 4 is 51.5 Å². The van der Waals surface area contributed by atoms with Crippen molar-refractivity contribution in [3.05, 3.63) is 44.9 Å². The number of amides is 1. The highest BCUT2D eigenvalue weighted by atomic mass is 35.5. The van der Waals surface area contributed by atoms with Crippen molar-refractivity contribution in [1.82, 2.24) is 4.98 Å². The average molecular weight is 427 g/mol. The number of thiazole rings is 1. The Labute approximate surface area is 172 Å². The number of nitrogens with one attached hydrogen (secondary N) is 1. The standard InChI is InChI=1S/C19H20Cl2N2O3S/c1-26-18(25)16-10-27-19(22-16)23-17(24)13(8-11-4-2-3-5-11)12-6-7-14(20)15(21)9-12/h6-7,9-11,13H,2-5,8H2,1H3,(H,22,23,24)/t13-/m1/s1. The molecule has 1 atom stereocenters. The molecule has 0 saturated heterocycles. The van der Waals surface area contributed by atoms with Crippen LogP contribution < -0.4 is 5.32 Å². The fourth-order valence-corrected chi connectivity index (χ4v) is 4.41. The van der Waals surface area contributed by atoms with Crippen LogP contribution in [0.5, 0.6) is 0 Å². The van der Waals surface area contributed by atoms with E-state index in [9.17, 15) is 9.59 Å². The summed E-state index contributed by atoms with van der Waals surface area (Å²) in [5, 5.41) is 5.66. The van der Waals surface area contributed by atoms with Crippen LogP contribution in [0.1, 0.15) is 54.1 Å². The molecule has 8 heteroatoms. The SMILES string of the molecule is COC(=O)c1csc(NC(=O)[C@H](CC2CCCC2)c2ccc(Cl)c(Cl)c2)n1. The molecular formula is C19H20Cl2N2O3S. The van der Waals surface area contributed by atoms with E-state index in [2.05, 4.69) is 15.0 Å². The number of carbonyl (C=O) groups excluding carboxylic acids is 2. The minimum atomic E-state index is -0.529. The fraction of sp³-hybridized carbons (Fsp3) is 0.421. The summed E-state index contributed by atoms with van der Waals surface area (Å²) in [6, 6.07) is 5.31. The fourth-order valence-electron chi connectivity index (χ4n) is 3.43. The lowest BCUT2D eigenvalue weighted by Crippen LogP contribution is -2.23. The zero-order chi connectivity index (χ0) is 19.4. The second-order valence-corrected chi connectivity index (χ2v) is 8.30. The number of rotatable bonds is 6. The number of aromatic nitrogens is 1. The molecule has 1 heterocycles. The van der Waals surface area contributed by atoms with Gasteiger partial charge in [0.1, 0.15) is 0 Å². The zero-order valence-corrected chi connectivity index (χ0v) is 17.2. The molecule has 3 rings (SSSR count). The monoisotopic (exact) mass is 426 g/mol. The van der Waals surface area contributed by atoms with Gasteiger partial charge in [0.15, 0.2) is 10.8 Å². The number of benzene rings is 1. The van der Waals surface area contributed by atoms with Crippen molar-refractivity contribution in [2.45, 2.75) is 38.0 Å². The van der Waals surface area contributed by atoms with E-state index in [1.54, 1.807) is 17.5 Å². The molecule has 0 radical (unpaired) electrons. The topological polar surface area (TPSA) is 68.3 Å². The van der Waals surface area contributed by atoms with Crippen LogP contribution in [0.15, 0.2) is 23.6 Å². The molecule has 1 saturated carbocycles. The Balaban J connectivity index is 1.80. The number of hydrogen-bond acceptors (Lipinski definition) is 5. The number of carbonyl (C=O) groups is 2. The second kappa shape index (κ2) is 9.04. The highest BCUT2D eigenvalue weighted by Gasteiger charge is 2.28. The molecule has 1 N–H and O–H groups in total. The Morgan fingerprint density at radius 3 is 2.70 bits per heavy atom. The smallest absolute Gasteiger partial charge is 0.357 e. The molecule has 2 aromatic rings. The summed E-state index contributed by atoms with van der Waals surface area (Å²) in [5.74, 6) is -0.532. The Bertz CT molecular complexity index is 834. The molecule has 1 amide bonds. The molecule has 1 fully saturated rings. The van der Waals surface area contributed by atoms with Gasteiger partial charge in [0, 0.05) is 5.38 Å². The van der Waals surface area contributed by atoms with Gasteiger partial charge in [0.05, 0.1) is 23.1 Å².